The van der Waals surface area contributed by atoms with Crippen LogP contribution < -0.4 is 11.5 Å². The van der Waals surface area contributed by atoms with Crippen LogP contribution in [0.4, 0.5) is 5.69 Å². The van der Waals surface area contributed by atoms with Crippen molar-refractivity contribution in [2.45, 2.75) is 0 Å². The fraction of sp³-hybridized carbons (Fsp3) is 0. The minimum Gasteiger partial charge on any atom is -0.506 e. The first-order chi connectivity index (χ1) is 7.91. The van der Waals surface area contributed by atoms with Gasteiger partial charge in [0, 0.05) is 17.7 Å². The number of nitrogens with zero attached hydrogens (tertiary/aromatic N) is 3. The first-order valence-corrected chi connectivity index (χ1v) is 4.58. The number of hydrogen-bond acceptors (Lipinski definition) is 5. The van der Waals surface area contributed by atoms with Crippen LogP contribution in [0, 0.1) is 10.1 Å². The van der Waals surface area contributed by atoms with Crippen molar-refractivity contribution in [3.8, 4) is 5.75 Å². The molecule has 0 unspecified atom stereocenters. The van der Waals surface area contributed by atoms with Gasteiger partial charge in [0.05, 0.1) is 16.2 Å². The van der Waals surface area contributed by atoms with E-state index in [2.05, 4.69) is 10.2 Å². The van der Waals surface area contributed by atoms with E-state index < -0.39 is 4.92 Å². The minimum absolute atomic E-state index is 0.0363. The van der Waals surface area contributed by atoms with Gasteiger partial charge in [0.1, 0.15) is 5.75 Å². The van der Waals surface area contributed by atoms with Gasteiger partial charge in [-0.05, 0) is 0 Å². The highest BCUT2D eigenvalue weighted by molar-refractivity contribution is 6.32. The Hall–Kier alpha value is -2.35. The third kappa shape index (κ3) is 3.31. The van der Waals surface area contributed by atoms with Crippen molar-refractivity contribution in [1.82, 2.24) is 0 Å². The number of rotatable bonds is 3. The number of aromatic hydroxyl groups is 1. The number of nitro groups is 1. The summed E-state index contributed by atoms with van der Waals surface area (Å²) >= 11 is 5.60. The monoisotopic (exact) mass is 257 g/mol. The van der Waals surface area contributed by atoms with Gasteiger partial charge in [-0.25, -0.2) is 0 Å². The van der Waals surface area contributed by atoms with Crippen LogP contribution in [-0.2, 0) is 0 Å². The second-order valence-corrected chi connectivity index (χ2v) is 3.30. The van der Waals surface area contributed by atoms with Crippen LogP contribution in [0.15, 0.2) is 22.3 Å². The molecule has 0 fully saturated rings. The van der Waals surface area contributed by atoms with E-state index in [0.29, 0.717) is 0 Å². The lowest BCUT2D eigenvalue weighted by molar-refractivity contribution is -0.384. The number of halogens is 1. The molecule has 0 atom stereocenters. The number of nitrogens with two attached hydrogens (primary N) is 2. The van der Waals surface area contributed by atoms with E-state index in [0.717, 1.165) is 18.3 Å². The molecule has 0 aliphatic carbocycles. The summed E-state index contributed by atoms with van der Waals surface area (Å²) in [5, 5.41) is 26.6. The Kier molecular flexibility index (Phi) is 3.83. The van der Waals surface area contributed by atoms with Crippen molar-refractivity contribution in [3.05, 3.63) is 32.8 Å². The predicted octanol–water partition coefficient (Wildman–Crippen LogP) is 0.561. The summed E-state index contributed by atoms with van der Waals surface area (Å²) in [5.41, 5.74) is 9.80. The highest BCUT2D eigenvalue weighted by Gasteiger charge is 2.13. The Morgan fingerprint density at radius 3 is 2.71 bits per heavy atom. The molecule has 5 N–H and O–H groups in total. The van der Waals surface area contributed by atoms with Crippen LogP contribution in [0.3, 0.4) is 0 Å². The molecule has 17 heavy (non-hydrogen) atoms. The minimum atomic E-state index is -0.650. The van der Waals surface area contributed by atoms with Crippen molar-refractivity contribution in [2.75, 3.05) is 0 Å². The molecule has 1 aromatic carbocycles. The van der Waals surface area contributed by atoms with Crippen LogP contribution in [0.2, 0.25) is 5.02 Å². The Morgan fingerprint density at radius 2 is 2.18 bits per heavy atom. The van der Waals surface area contributed by atoms with Crippen LogP contribution in [-0.4, -0.2) is 22.2 Å². The normalized spacial score (nSPS) is 10.4. The lowest BCUT2D eigenvalue weighted by atomic mass is 10.2. The van der Waals surface area contributed by atoms with Crippen molar-refractivity contribution in [3.63, 3.8) is 0 Å². The molecule has 90 valence electrons. The van der Waals surface area contributed by atoms with E-state index in [1.807, 2.05) is 0 Å². The lowest BCUT2D eigenvalue weighted by Crippen LogP contribution is -2.21. The SMILES string of the molecule is NC(N)=N/N=C\c1cc([N+](=O)[O-])cc(Cl)c1O. The Balaban J connectivity index is 3.19. The Morgan fingerprint density at radius 1 is 1.53 bits per heavy atom. The van der Waals surface area contributed by atoms with Gasteiger partial charge in [-0.3, -0.25) is 10.1 Å². The molecule has 0 saturated carbocycles. The molecule has 0 spiro atoms. The highest BCUT2D eigenvalue weighted by Crippen LogP contribution is 2.31. The third-order valence-electron chi connectivity index (χ3n) is 1.66. The summed E-state index contributed by atoms with van der Waals surface area (Å²) in [6, 6.07) is 2.11. The maximum Gasteiger partial charge on any atom is 0.271 e. The number of phenols is 1. The van der Waals surface area contributed by atoms with E-state index in [4.69, 9.17) is 23.1 Å². The molecule has 0 aliphatic heterocycles. The van der Waals surface area contributed by atoms with E-state index in [9.17, 15) is 15.2 Å². The van der Waals surface area contributed by atoms with Crippen LogP contribution in [0.5, 0.6) is 5.75 Å². The molecule has 8 nitrogen and oxygen atoms in total. The molecule has 0 saturated heterocycles. The van der Waals surface area contributed by atoms with Crippen molar-refractivity contribution in [2.24, 2.45) is 21.7 Å². The number of benzene rings is 1. The molecule has 0 amide bonds. The fourth-order valence-corrected chi connectivity index (χ4v) is 1.19. The average Bonchev–Trinajstić information content (AvgIpc) is 2.23. The summed E-state index contributed by atoms with van der Waals surface area (Å²) in [5.74, 6) is -0.621. The van der Waals surface area contributed by atoms with Gasteiger partial charge in [0.15, 0.2) is 0 Å². The maximum absolute atomic E-state index is 10.6. The summed E-state index contributed by atoms with van der Waals surface area (Å²) in [6.07, 6.45) is 1.05. The molecule has 0 heterocycles. The molecule has 1 aromatic rings. The van der Waals surface area contributed by atoms with E-state index >= 15 is 0 Å². The van der Waals surface area contributed by atoms with Crippen LogP contribution in [0.25, 0.3) is 0 Å². The largest absolute Gasteiger partial charge is 0.506 e. The van der Waals surface area contributed by atoms with Crippen molar-refractivity contribution in [1.29, 1.82) is 0 Å². The van der Waals surface area contributed by atoms with Crippen molar-refractivity contribution >= 4 is 29.5 Å². The molecule has 0 aromatic heterocycles. The Labute approximate surface area is 100 Å². The summed E-state index contributed by atoms with van der Waals surface area (Å²) in [6.45, 7) is 0. The zero-order valence-electron chi connectivity index (χ0n) is 8.37. The molecule has 1 rings (SSSR count). The first kappa shape index (κ1) is 12.7. The van der Waals surface area contributed by atoms with E-state index in [-0.39, 0.29) is 28.0 Å². The first-order valence-electron chi connectivity index (χ1n) is 4.20. The topological polar surface area (TPSA) is 140 Å². The summed E-state index contributed by atoms with van der Waals surface area (Å²) in [7, 11) is 0. The van der Waals surface area contributed by atoms with Gasteiger partial charge in [0.25, 0.3) is 5.69 Å². The average molecular weight is 258 g/mol. The van der Waals surface area contributed by atoms with Gasteiger partial charge in [-0.2, -0.15) is 5.10 Å². The molecular weight excluding hydrogens is 250 g/mol. The number of guanidine groups is 1. The summed E-state index contributed by atoms with van der Waals surface area (Å²) < 4.78 is 0. The van der Waals surface area contributed by atoms with Crippen molar-refractivity contribution < 1.29 is 10.0 Å². The van der Waals surface area contributed by atoms with Crippen LogP contribution >= 0.6 is 11.6 Å². The molecule has 0 aliphatic rings. The maximum atomic E-state index is 10.6. The number of phenolic OH excluding ortho intramolecular Hbond substituents is 1. The predicted molar refractivity (Wildman–Crippen MR) is 63.2 cm³/mol. The lowest BCUT2D eigenvalue weighted by Gasteiger charge is -2.00. The summed E-state index contributed by atoms with van der Waals surface area (Å²) in [4.78, 5) is 9.90. The van der Waals surface area contributed by atoms with Crippen LogP contribution in [0.1, 0.15) is 5.56 Å². The molecule has 0 radical (unpaired) electrons. The molecular formula is C8H8ClN5O3. The zero-order valence-corrected chi connectivity index (χ0v) is 9.13. The number of non-ortho nitro benzene ring substituents is 1. The molecule has 9 heteroatoms. The highest BCUT2D eigenvalue weighted by atomic mass is 35.5. The van der Waals surface area contributed by atoms with Gasteiger partial charge in [-0.1, -0.05) is 11.6 Å². The second kappa shape index (κ2) is 5.12. The number of hydrogen-bond donors (Lipinski definition) is 3. The smallest absolute Gasteiger partial charge is 0.271 e. The van der Waals surface area contributed by atoms with E-state index in [1.165, 1.54) is 0 Å². The molecule has 0 bridgehead atoms. The standard InChI is InChI=1S/C8H8ClN5O3/c9-6-2-5(14(16)17)1-4(7(6)15)3-12-13-8(10)11/h1-3,15H,(H4,10,11,13)/b12-3-. The van der Waals surface area contributed by atoms with Gasteiger partial charge >= 0.3 is 0 Å². The van der Waals surface area contributed by atoms with Gasteiger partial charge < -0.3 is 16.6 Å². The van der Waals surface area contributed by atoms with Gasteiger partial charge in [0.2, 0.25) is 5.96 Å². The third-order valence-corrected chi connectivity index (χ3v) is 1.95. The number of nitro benzene ring substituents is 1. The van der Waals surface area contributed by atoms with E-state index in [1.54, 1.807) is 0 Å². The second-order valence-electron chi connectivity index (χ2n) is 2.89. The Bertz CT molecular complexity index is 510. The quantitative estimate of drug-likeness (QED) is 0.314. The fourth-order valence-electron chi connectivity index (χ4n) is 0.967. The van der Waals surface area contributed by atoms with Gasteiger partial charge in [-0.15, -0.1) is 5.10 Å². The zero-order chi connectivity index (χ0) is 13.0.